The number of allylic oxidation sites excluding steroid dienone is 1. The lowest BCUT2D eigenvalue weighted by Crippen LogP contribution is -2.43. The maximum absolute atomic E-state index is 11.8. The van der Waals surface area contributed by atoms with Crippen molar-refractivity contribution >= 4 is 12.0 Å². The maximum Gasteiger partial charge on any atom is 0.317 e. The molecule has 2 N–H and O–H groups in total. The molecule has 1 fully saturated rings. The van der Waals surface area contributed by atoms with Crippen LogP contribution in [0.25, 0.3) is 0 Å². The first-order valence-electron chi connectivity index (χ1n) is 6.02. The van der Waals surface area contributed by atoms with Gasteiger partial charge in [-0.05, 0) is 26.2 Å². The standard InChI is InChI=1S/C12H20N2O3/c1-2-3-4-7-13-12(17)14-8-5-6-10(14)9-11(15)16/h2-3,10H,4-9H2,1H3,(H,13,17)(H,15,16)/b3-2+. The minimum absolute atomic E-state index is 0.0439. The van der Waals surface area contributed by atoms with Gasteiger partial charge in [-0.3, -0.25) is 4.79 Å². The monoisotopic (exact) mass is 240 g/mol. The van der Waals surface area contributed by atoms with Crippen LogP contribution in [0.1, 0.15) is 32.6 Å². The van der Waals surface area contributed by atoms with Gasteiger partial charge in [0.15, 0.2) is 0 Å². The highest BCUT2D eigenvalue weighted by molar-refractivity contribution is 5.76. The van der Waals surface area contributed by atoms with Gasteiger partial charge in [-0.25, -0.2) is 4.79 Å². The molecule has 0 saturated carbocycles. The predicted molar refractivity (Wildman–Crippen MR) is 64.8 cm³/mol. The number of carbonyl (C=O) groups excluding carboxylic acids is 1. The molecular weight excluding hydrogens is 220 g/mol. The lowest BCUT2D eigenvalue weighted by Gasteiger charge is -2.23. The van der Waals surface area contributed by atoms with E-state index in [0.717, 1.165) is 19.3 Å². The van der Waals surface area contributed by atoms with Gasteiger partial charge in [0.25, 0.3) is 0 Å². The topological polar surface area (TPSA) is 69.6 Å². The van der Waals surface area contributed by atoms with Gasteiger partial charge in [0.1, 0.15) is 0 Å². The average molecular weight is 240 g/mol. The highest BCUT2D eigenvalue weighted by atomic mass is 16.4. The SMILES string of the molecule is C/C=C/CCNC(=O)N1CCCC1CC(=O)O. The minimum Gasteiger partial charge on any atom is -0.481 e. The van der Waals surface area contributed by atoms with Crippen molar-refractivity contribution in [1.82, 2.24) is 10.2 Å². The summed E-state index contributed by atoms with van der Waals surface area (Å²) < 4.78 is 0. The lowest BCUT2D eigenvalue weighted by molar-refractivity contribution is -0.137. The zero-order valence-corrected chi connectivity index (χ0v) is 10.2. The summed E-state index contributed by atoms with van der Waals surface area (Å²) in [6, 6.07) is -0.285. The normalized spacial score (nSPS) is 19.8. The number of rotatable bonds is 5. The fourth-order valence-corrected chi connectivity index (χ4v) is 2.05. The number of hydrogen-bond donors (Lipinski definition) is 2. The Morgan fingerprint density at radius 1 is 1.53 bits per heavy atom. The summed E-state index contributed by atoms with van der Waals surface area (Å²) in [5, 5.41) is 11.6. The molecule has 0 aliphatic carbocycles. The van der Waals surface area contributed by atoms with Crippen molar-refractivity contribution in [3.63, 3.8) is 0 Å². The van der Waals surface area contributed by atoms with Crippen molar-refractivity contribution < 1.29 is 14.7 Å². The van der Waals surface area contributed by atoms with Crippen molar-refractivity contribution in [3.8, 4) is 0 Å². The van der Waals surface area contributed by atoms with E-state index in [9.17, 15) is 9.59 Å². The first-order valence-corrected chi connectivity index (χ1v) is 6.02. The van der Waals surface area contributed by atoms with E-state index in [-0.39, 0.29) is 18.5 Å². The summed E-state index contributed by atoms with van der Waals surface area (Å²) in [6.45, 7) is 3.19. The third kappa shape index (κ3) is 4.46. The van der Waals surface area contributed by atoms with Crippen molar-refractivity contribution in [2.75, 3.05) is 13.1 Å². The molecule has 1 atom stereocenters. The van der Waals surface area contributed by atoms with E-state index in [1.165, 1.54) is 0 Å². The van der Waals surface area contributed by atoms with Crippen LogP contribution in [0.4, 0.5) is 4.79 Å². The Labute approximate surface area is 101 Å². The molecule has 5 heteroatoms. The molecule has 1 rings (SSSR count). The molecule has 1 unspecified atom stereocenters. The minimum atomic E-state index is -0.844. The number of likely N-dealkylation sites (tertiary alicyclic amines) is 1. The molecule has 17 heavy (non-hydrogen) atoms. The summed E-state index contributed by atoms with van der Waals surface area (Å²) in [7, 11) is 0. The van der Waals surface area contributed by atoms with Crippen LogP contribution in [0, 0.1) is 0 Å². The van der Waals surface area contributed by atoms with Gasteiger partial charge in [-0.2, -0.15) is 0 Å². The molecule has 0 radical (unpaired) electrons. The van der Waals surface area contributed by atoms with E-state index in [2.05, 4.69) is 5.32 Å². The van der Waals surface area contributed by atoms with Crippen molar-refractivity contribution in [2.24, 2.45) is 0 Å². The Kier molecular flexibility index (Phi) is 5.52. The van der Waals surface area contributed by atoms with Crippen LogP contribution >= 0.6 is 0 Å². The van der Waals surface area contributed by atoms with E-state index in [0.29, 0.717) is 13.1 Å². The zero-order valence-electron chi connectivity index (χ0n) is 10.2. The second-order valence-electron chi connectivity index (χ2n) is 4.18. The van der Waals surface area contributed by atoms with Crippen molar-refractivity contribution in [3.05, 3.63) is 12.2 Å². The third-order valence-corrected chi connectivity index (χ3v) is 2.87. The van der Waals surface area contributed by atoms with Gasteiger partial charge in [0, 0.05) is 19.1 Å². The molecule has 5 nitrogen and oxygen atoms in total. The molecular formula is C12H20N2O3. The maximum atomic E-state index is 11.8. The molecule has 1 saturated heterocycles. The number of carboxylic acid groups (broad SMARTS) is 1. The van der Waals surface area contributed by atoms with E-state index >= 15 is 0 Å². The average Bonchev–Trinajstić information content (AvgIpc) is 2.71. The predicted octanol–water partition coefficient (Wildman–Crippen LogP) is 1.60. The summed E-state index contributed by atoms with van der Waals surface area (Å²) in [5.74, 6) is -0.844. The third-order valence-electron chi connectivity index (χ3n) is 2.87. The Morgan fingerprint density at radius 2 is 2.29 bits per heavy atom. The van der Waals surface area contributed by atoms with Crippen LogP contribution in [-0.4, -0.2) is 41.1 Å². The van der Waals surface area contributed by atoms with Crippen molar-refractivity contribution in [1.29, 1.82) is 0 Å². The molecule has 96 valence electrons. The van der Waals surface area contributed by atoms with Crippen LogP contribution in [0.5, 0.6) is 0 Å². The van der Waals surface area contributed by atoms with Crippen molar-refractivity contribution in [2.45, 2.75) is 38.6 Å². The van der Waals surface area contributed by atoms with Crippen LogP contribution in [0.3, 0.4) is 0 Å². The number of nitrogens with one attached hydrogen (secondary N) is 1. The molecule has 0 spiro atoms. The molecule has 0 aromatic carbocycles. The number of urea groups is 1. The van der Waals surface area contributed by atoms with Gasteiger partial charge in [-0.15, -0.1) is 0 Å². The summed E-state index contributed by atoms with van der Waals surface area (Å²) in [6.07, 6.45) is 6.45. The number of aliphatic carboxylic acids is 1. The van der Waals surface area contributed by atoms with Crippen LogP contribution in [0.2, 0.25) is 0 Å². The second kappa shape index (κ2) is 6.93. The van der Waals surface area contributed by atoms with Gasteiger partial charge < -0.3 is 15.3 Å². The fraction of sp³-hybridized carbons (Fsp3) is 0.667. The van der Waals surface area contributed by atoms with Gasteiger partial charge in [0.2, 0.25) is 0 Å². The first kappa shape index (κ1) is 13.5. The lowest BCUT2D eigenvalue weighted by atomic mass is 10.1. The number of amides is 2. The Balaban J connectivity index is 2.36. The first-order chi connectivity index (χ1) is 8.15. The van der Waals surface area contributed by atoms with E-state index < -0.39 is 5.97 Å². The van der Waals surface area contributed by atoms with Gasteiger partial charge in [0.05, 0.1) is 6.42 Å². The fourth-order valence-electron chi connectivity index (χ4n) is 2.05. The van der Waals surface area contributed by atoms with Gasteiger partial charge >= 0.3 is 12.0 Å². The summed E-state index contributed by atoms with van der Waals surface area (Å²) in [5.41, 5.74) is 0. The van der Waals surface area contributed by atoms with Crippen LogP contribution in [-0.2, 0) is 4.79 Å². The molecule has 0 aromatic rings. The zero-order chi connectivity index (χ0) is 12.7. The van der Waals surface area contributed by atoms with E-state index in [1.807, 2.05) is 19.1 Å². The quantitative estimate of drug-likeness (QED) is 0.566. The molecule has 0 aromatic heterocycles. The molecule has 2 amide bonds. The molecule has 0 bridgehead atoms. The highest BCUT2D eigenvalue weighted by Crippen LogP contribution is 2.19. The Hall–Kier alpha value is -1.52. The number of hydrogen-bond acceptors (Lipinski definition) is 2. The van der Waals surface area contributed by atoms with Crippen LogP contribution in [0.15, 0.2) is 12.2 Å². The van der Waals surface area contributed by atoms with Gasteiger partial charge in [-0.1, -0.05) is 12.2 Å². The van der Waals surface area contributed by atoms with Crippen LogP contribution < -0.4 is 5.32 Å². The summed E-state index contributed by atoms with van der Waals surface area (Å²) in [4.78, 5) is 24.1. The highest BCUT2D eigenvalue weighted by Gasteiger charge is 2.29. The number of carbonyl (C=O) groups is 2. The Bertz CT molecular complexity index is 302. The number of carboxylic acids is 1. The van der Waals surface area contributed by atoms with E-state index in [1.54, 1.807) is 4.90 Å². The van der Waals surface area contributed by atoms with E-state index in [4.69, 9.17) is 5.11 Å². The molecule has 1 aliphatic rings. The number of nitrogens with zero attached hydrogens (tertiary/aromatic N) is 1. The molecule has 1 heterocycles. The molecule has 1 aliphatic heterocycles. The second-order valence-corrected chi connectivity index (χ2v) is 4.18. The smallest absolute Gasteiger partial charge is 0.317 e. The summed E-state index contributed by atoms with van der Waals surface area (Å²) >= 11 is 0. The largest absolute Gasteiger partial charge is 0.481 e. The Morgan fingerprint density at radius 3 is 2.94 bits per heavy atom.